The highest BCUT2D eigenvalue weighted by molar-refractivity contribution is 5.13. The van der Waals surface area contributed by atoms with Gasteiger partial charge in [0, 0.05) is 18.3 Å². The van der Waals surface area contributed by atoms with Crippen molar-refractivity contribution in [3.05, 3.63) is 23.8 Å². The summed E-state index contributed by atoms with van der Waals surface area (Å²) >= 11 is 0. The molecule has 1 aliphatic carbocycles. The Morgan fingerprint density at radius 1 is 1.07 bits per heavy atom. The highest BCUT2D eigenvalue weighted by atomic mass is 14.9. The molecule has 82 valence electrons. The maximum atomic E-state index is 4.44. The minimum Gasteiger partial charge on any atom is -0.241 e. The highest BCUT2D eigenvalue weighted by Crippen LogP contribution is 2.31. The minimum absolute atomic E-state index is 0.436. The third kappa shape index (κ3) is 2.55. The Bertz CT molecular complexity index is 297. The molecule has 0 spiro atoms. The second-order valence-corrected chi connectivity index (χ2v) is 4.86. The average Bonchev–Trinajstić information content (AvgIpc) is 2.30. The zero-order valence-corrected chi connectivity index (χ0v) is 9.74. The van der Waals surface area contributed by atoms with Gasteiger partial charge in [0.2, 0.25) is 0 Å². The average molecular weight is 204 g/mol. The van der Waals surface area contributed by atoms with Gasteiger partial charge in [-0.15, -0.1) is 0 Å². The Kier molecular flexibility index (Phi) is 3.34. The molecule has 2 rings (SSSR count). The van der Waals surface area contributed by atoms with Gasteiger partial charge < -0.3 is 0 Å². The van der Waals surface area contributed by atoms with Crippen LogP contribution in [-0.2, 0) is 0 Å². The molecular formula is C13H20N2. The standard InChI is InChI=1S/C13H20N2/c1-10(2)13-14-8-12(9-15-13)11-6-4-3-5-7-11/h8-11H,3-7H2,1-2H3. The van der Waals surface area contributed by atoms with Gasteiger partial charge in [0.1, 0.15) is 5.82 Å². The van der Waals surface area contributed by atoms with Gasteiger partial charge >= 0.3 is 0 Å². The molecule has 0 bridgehead atoms. The fraction of sp³-hybridized carbons (Fsp3) is 0.692. The third-order valence-electron chi connectivity index (χ3n) is 3.28. The van der Waals surface area contributed by atoms with Gasteiger partial charge in [-0.2, -0.15) is 0 Å². The molecule has 2 nitrogen and oxygen atoms in total. The van der Waals surface area contributed by atoms with Crippen LogP contribution in [0.1, 0.15) is 69.2 Å². The Labute approximate surface area is 92.1 Å². The van der Waals surface area contributed by atoms with E-state index in [4.69, 9.17) is 0 Å². The van der Waals surface area contributed by atoms with Crippen LogP contribution in [0.4, 0.5) is 0 Å². The lowest BCUT2D eigenvalue weighted by Gasteiger charge is -2.21. The molecule has 1 aromatic rings. The van der Waals surface area contributed by atoms with Crippen molar-refractivity contribution in [2.75, 3.05) is 0 Å². The summed E-state index contributed by atoms with van der Waals surface area (Å²) < 4.78 is 0. The van der Waals surface area contributed by atoms with Gasteiger partial charge in [-0.25, -0.2) is 9.97 Å². The molecule has 0 aliphatic heterocycles. The lowest BCUT2D eigenvalue weighted by Crippen LogP contribution is -2.07. The summed E-state index contributed by atoms with van der Waals surface area (Å²) in [6.45, 7) is 4.27. The molecule has 1 saturated carbocycles. The fourth-order valence-corrected chi connectivity index (χ4v) is 2.29. The number of aromatic nitrogens is 2. The Balaban J connectivity index is 2.08. The van der Waals surface area contributed by atoms with Gasteiger partial charge in [-0.1, -0.05) is 33.1 Å². The van der Waals surface area contributed by atoms with Crippen LogP contribution >= 0.6 is 0 Å². The lowest BCUT2D eigenvalue weighted by atomic mass is 9.85. The number of nitrogens with zero attached hydrogens (tertiary/aromatic N) is 2. The van der Waals surface area contributed by atoms with E-state index in [0.29, 0.717) is 5.92 Å². The molecule has 1 aliphatic rings. The summed E-state index contributed by atoms with van der Waals surface area (Å²) in [5.74, 6) is 2.12. The molecule has 15 heavy (non-hydrogen) atoms. The van der Waals surface area contributed by atoms with Crippen LogP contribution in [-0.4, -0.2) is 9.97 Å². The molecule has 0 unspecified atom stereocenters. The summed E-state index contributed by atoms with van der Waals surface area (Å²) in [6, 6.07) is 0. The van der Waals surface area contributed by atoms with E-state index in [1.165, 1.54) is 37.7 Å². The molecule has 1 heterocycles. The van der Waals surface area contributed by atoms with Crippen LogP contribution in [0.25, 0.3) is 0 Å². The van der Waals surface area contributed by atoms with Gasteiger partial charge in [-0.3, -0.25) is 0 Å². The van der Waals surface area contributed by atoms with Crippen LogP contribution in [0.2, 0.25) is 0 Å². The maximum absolute atomic E-state index is 4.44. The van der Waals surface area contributed by atoms with E-state index >= 15 is 0 Å². The SMILES string of the molecule is CC(C)c1ncc(C2CCCCC2)cn1. The first-order chi connectivity index (χ1) is 7.27. The van der Waals surface area contributed by atoms with Gasteiger partial charge in [-0.05, 0) is 24.3 Å². The second kappa shape index (κ2) is 4.73. The molecule has 0 amide bonds. The van der Waals surface area contributed by atoms with Crippen LogP contribution in [0.15, 0.2) is 12.4 Å². The normalized spacial score (nSPS) is 18.3. The zero-order valence-electron chi connectivity index (χ0n) is 9.74. The van der Waals surface area contributed by atoms with Crippen molar-refractivity contribution >= 4 is 0 Å². The highest BCUT2D eigenvalue weighted by Gasteiger charge is 2.16. The smallest absolute Gasteiger partial charge is 0.130 e. The quantitative estimate of drug-likeness (QED) is 0.735. The van der Waals surface area contributed by atoms with E-state index in [2.05, 4.69) is 23.8 Å². The summed E-state index contributed by atoms with van der Waals surface area (Å²) in [5, 5.41) is 0. The molecule has 0 atom stereocenters. The third-order valence-corrected chi connectivity index (χ3v) is 3.28. The topological polar surface area (TPSA) is 25.8 Å². The van der Waals surface area contributed by atoms with Crippen LogP contribution in [0, 0.1) is 0 Å². The molecule has 0 saturated heterocycles. The van der Waals surface area contributed by atoms with Crippen molar-refractivity contribution in [1.82, 2.24) is 9.97 Å². The zero-order chi connectivity index (χ0) is 10.7. The molecule has 0 radical (unpaired) electrons. The fourth-order valence-electron chi connectivity index (χ4n) is 2.29. The summed E-state index contributed by atoms with van der Waals surface area (Å²) in [6.07, 6.45) is 10.9. The van der Waals surface area contributed by atoms with Gasteiger partial charge in [0.05, 0.1) is 0 Å². The van der Waals surface area contributed by atoms with E-state index < -0.39 is 0 Å². The summed E-state index contributed by atoms with van der Waals surface area (Å²) in [5.41, 5.74) is 1.35. The van der Waals surface area contributed by atoms with E-state index in [1.807, 2.05) is 12.4 Å². The predicted molar refractivity (Wildman–Crippen MR) is 61.9 cm³/mol. The van der Waals surface area contributed by atoms with Crippen molar-refractivity contribution < 1.29 is 0 Å². The second-order valence-electron chi connectivity index (χ2n) is 4.86. The van der Waals surface area contributed by atoms with Crippen LogP contribution < -0.4 is 0 Å². The predicted octanol–water partition coefficient (Wildman–Crippen LogP) is 3.65. The molecule has 1 fully saturated rings. The Morgan fingerprint density at radius 3 is 2.20 bits per heavy atom. The Hall–Kier alpha value is -0.920. The van der Waals surface area contributed by atoms with E-state index in [0.717, 1.165) is 11.7 Å². The van der Waals surface area contributed by atoms with Crippen LogP contribution in [0.3, 0.4) is 0 Å². The van der Waals surface area contributed by atoms with Crippen molar-refractivity contribution in [3.63, 3.8) is 0 Å². The van der Waals surface area contributed by atoms with Gasteiger partial charge in [0.15, 0.2) is 0 Å². The molecule has 0 aromatic carbocycles. The number of hydrogen-bond acceptors (Lipinski definition) is 2. The Morgan fingerprint density at radius 2 is 1.67 bits per heavy atom. The molecular weight excluding hydrogens is 184 g/mol. The van der Waals surface area contributed by atoms with E-state index in [9.17, 15) is 0 Å². The number of rotatable bonds is 2. The van der Waals surface area contributed by atoms with Gasteiger partial charge in [0.25, 0.3) is 0 Å². The first-order valence-electron chi connectivity index (χ1n) is 6.09. The molecule has 0 N–H and O–H groups in total. The monoisotopic (exact) mass is 204 g/mol. The molecule has 1 aromatic heterocycles. The van der Waals surface area contributed by atoms with E-state index in [-0.39, 0.29) is 0 Å². The first kappa shape index (κ1) is 10.6. The van der Waals surface area contributed by atoms with Crippen molar-refractivity contribution in [2.45, 2.75) is 57.8 Å². The van der Waals surface area contributed by atoms with Crippen molar-refractivity contribution in [1.29, 1.82) is 0 Å². The van der Waals surface area contributed by atoms with E-state index in [1.54, 1.807) is 0 Å². The first-order valence-corrected chi connectivity index (χ1v) is 6.09. The minimum atomic E-state index is 0.436. The van der Waals surface area contributed by atoms with Crippen LogP contribution in [0.5, 0.6) is 0 Å². The molecule has 2 heteroatoms. The van der Waals surface area contributed by atoms with Crippen molar-refractivity contribution in [3.8, 4) is 0 Å². The largest absolute Gasteiger partial charge is 0.241 e. The summed E-state index contributed by atoms with van der Waals surface area (Å²) in [7, 11) is 0. The number of hydrogen-bond donors (Lipinski definition) is 0. The maximum Gasteiger partial charge on any atom is 0.130 e. The summed E-state index contributed by atoms with van der Waals surface area (Å²) in [4.78, 5) is 8.88. The van der Waals surface area contributed by atoms with Crippen molar-refractivity contribution in [2.24, 2.45) is 0 Å². The lowest BCUT2D eigenvalue weighted by molar-refractivity contribution is 0.441.